The maximum absolute atomic E-state index is 12.2. The van der Waals surface area contributed by atoms with Gasteiger partial charge in [0.15, 0.2) is 0 Å². The van der Waals surface area contributed by atoms with Crippen molar-refractivity contribution in [3.05, 3.63) is 12.2 Å². The van der Waals surface area contributed by atoms with Crippen LogP contribution in [0.3, 0.4) is 0 Å². The maximum Gasteiger partial charge on any atom is 0.220 e. The molecule has 2 unspecified atom stereocenters. The molecule has 0 aliphatic heterocycles. The minimum absolute atomic E-state index is 0.0436. The quantitative estimate of drug-likeness (QED) is 0.0676. The van der Waals surface area contributed by atoms with Crippen molar-refractivity contribution in [2.24, 2.45) is 0 Å². The van der Waals surface area contributed by atoms with Crippen molar-refractivity contribution in [3.63, 3.8) is 0 Å². The third-order valence-electron chi connectivity index (χ3n) is 7.53. The second kappa shape index (κ2) is 29.7. The van der Waals surface area contributed by atoms with Gasteiger partial charge in [-0.3, -0.25) is 4.79 Å². The van der Waals surface area contributed by atoms with Crippen LogP contribution in [0.5, 0.6) is 0 Å². The van der Waals surface area contributed by atoms with E-state index in [4.69, 9.17) is 0 Å². The van der Waals surface area contributed by atoms with E-state index in [0.29, 0.717) is 12.8 Å². The summed E-state index contributed by atoms with van der Waals surface area (Å²) >= 11 is 0. The van der Waals surface area contributed by atoms with E-state index in [0.717, 1.165) is 25.7 Å². The lowest BCUT2D eigenvalue weighted by molar-refractivity contribution is -0.123. The van der Waals surface area contributed by atoms with Crippen LogP contribution in [0.25, 0.3) is 0 Å². The van der Waals surface area contributed by atoms with Crippen LogP contribution in [-0.2, 0) is 4.79 Å². The number of carbonyl (C=O) groups excluding carboxylic acids is 1. The summed E-state index contributed by atoms with van der Waals surface area (Å²) in [6, 6.07) is -0.533. The van der Waals surface area contributed by atoms with Crippen molar-refractivity contribution >= 4 is 5.91 Å². The first kappa shape index (κ1) is 36.1. The standard InChI is InChI=1S/C33H65NO3/c1-3-5-7-9-11-13-15-16-17-19-20-22-24-26-28-32(36)31(30-35)34-33(37)29-27-25-23-21-18-14-12-10-8-6-4-2/h10,12,31-32,35-36H,3-9,11,13-30H2,1-2H3,(H,34,37)/b12-10-. The summed E-state index contributed by atoms with van der Waals surface area (Å²) in [5.74, 6) is -0.0436. The summed E-state index contributed by atoms with van der Waals surface area (Å²) in [6.07, 6.45) is 34.0. The number of carbonyl (C=O) groups is 1. The maximum atomic E-state index is 12.2. The SMILES string of the molecule is CCCC/C=C\CCCCCCCC(=O)NC(CO)C(O)CCCCCCCCCCCCCCCC. The average molecular weight is 524 g/mol. The number of allylic oxidation sites excluding steroid dienone is 2. The van der Waals surface area contributed by atoms with E-state index >= 15 is 0 Å². The number of aliphatic hydroxyl groups is 2. The van der Waals surface area contributed by atoms with Crippen LogP contribution in [0, 0.1) is 0 Å². The molecule has 4 heteroatoms. The second-order valence-corrected chi connectivity index (χ2v) is 11.2. The van der Waals surface area contributed by atoms with Crippen molar-refractivity contribution < 1.29 is 15.0 Å². The Labute approximate surface area is 231 Å². The highest BCUT2D eigenvalue weighted by atomic mass is 16.3. The van der Waals surface area contributed by atoms with Crippen LogP contribution >= 0.6 is 0 Å². The van der Waals surface area contributed by atoms with E-state index in [1.807, 2.05) is 0 Å². The summed E-state index contributed by atoms with van der Waals surface area (Å²) in [6.45, 7) is 4.30. The van der Waals surface area contributed by atoms with Crippen LogP contribution in [-0.4, -0.2) is 34.9 Å². The Morgan fingerprint density at radius 1 is 0.622 bits per heavy atom. The molecular formula is C33H65NO3. The first-order valence-electron chi connectivity index (χ1n) is 16.4. The van der Waals surface area contributed by atoms with E-state index < -0.39 is 12.1 Å². The summed E-state index contributed by atoms with van der Waals surface area (Å²) < 4.78 is 0. The molecule has 0 radical (unpaired) electrons. The third-order valence-corrected chi connectivity index (χ3v) is 7.53. The molecule has 1 amide bonds. The molecule has 0 aliphatic carbocycles. The van der Waals surface area contributed by atoms with Gasteiger partial charge in [-0.05, 0) is 32.1 Å². The Kier molecular flexibility index (Phi) is 29.0. The smallest absolute Gasteiger partial charge is 0.220 e. The monoisotopic (exact) mass is 523 g/mol. The summed E-state index contributed by atoms with van der Waals surface area (Å²) in [5.41, 5.74) is 0. The molecule has 0 aromatic heterocycles. The van der Waals surface area contributed by atoms with Gasteiger partial charge in [-0.2, -0.15) is 0 Å². The van der Waals surface area contributed by atoms with Crippen LogP contribution in [0.4, 0.5) is 0 Å². The van der Waals surface area contributed by atoms with E-state index in [1.165, 1.54) is 122 Å². The Balaban J connectivity index is 3.59. The van der Waals surface area contributed by atoms with Crippen molar-refractivity contribution in [3.8, 4) is 0 Å². The number of aliphatic hydroxyl groups excluding tert-OH is 2. The lowest BCUT2D eigenvalue weighted by atomic mass is 10.0. The van der Waals surface area contributed by atoms with E-state index in [1.54, 1.807) is 0 Å². The summed E-state index contributed by atoms with van der Waals surface area (Å²) in [7, 11) is 0. The zero-order valence-electron chi connectivity index (χ0n) is 25.0. The second-order valence-electron chi connectivity index (χ2n) is 11.2. The van der Waals surface area contributed by atoms with Crippen LogP contribution < -0.4 is 5.32 Å². The molecular weight excluding hydrogens is 458 g/mol. The minimum Gasteiger partial charge on any atom is -0.394 e. The van der Waals surface area contributed by atoms with E-state index in [2.05, 4.69) is 31.3 Å². The zero-order valence-corrected chi connectivity index (χ0v) is 25.0. The van der Waals surface area contributed by atoms with Crippen LogP contribution in [0.15, 0.2) is 12.2 Å². The zero-order chi connectivity index (χ0) is 27.2. The van der Waals surface area contributed by atoms with Crippen LogP contribution in [0.1, 0.15) is 174 Å². The number of hydrogen-bond donors (Lipinski definition) is 3. The van der Waals surface area contributed by atoms with Crippen molar-refractivity contribution in [1.82, 2.24) is 5.32 Å². The lowest BCUT2D eigenvalue weighted by Crippen LogP contribution is -2.45. The molecule has 0 fully saturated rings. The highest BCUT2D eigenvalue weighted by Crippen LogP contribution is 2.15. The van der Waals surface area contributed by atoms with Gasteiger partial charge in [0.1, 0.15) is 0 Å². The number of unbranched alkanes of at least 4 members (excludes halogenated alkanes) is 20. The van der Waals surface area contributed by atoms with Gasteiger partial charge >= 0.3 is 0 Å². The predicted molar refractivity (Wildman–Crippen MR) is 161 cm³/mol. The highest BCUT2D eigenvalue weighted by molar-refractivity contribution is 5.76. The normalized spacial score (nSPS) is 13.3. The molecule has 220 valence electrons. The van der Waals surface area contributed by atoms with Gasteiger partial charge in [0.25, 0.3) is 0 Å². The molecule has 0 rings (SSSR count). The van der Waals surface area contributed by atoms with Gasteiger partial charge in [0, 0.05) is 6.42 Å². The molecule has 37 heavy (non-hydrogen) atoms. The average Bonchev–Trinajstić information content (AvgIpc) is 2.90. The summed E-state index contributed by atoms with van der Waals surface area (Å²) in [4.78, 5) is 12.2. The van der Waals surface area contributed by atoms with Gasteiger partial charge in [-0.25, -0.2) is 0 Å². The van der Waals surface area contributed by atoms with E-state index in [-0.39, 0.29) is 12.5 Å². The van der Waals surface area contributed by atoms with Gasteiger partial charge in [0.2, 0.25) is 5.91 Å². The summed E-state index contributed by atoms with van der Waals surface area (Å²) in [5, 5.41) is 22.9. The van der Waals surface area contributed by atoms with Crippen molar-refractivity contribution in [1.29, 1.82) is 0 Å². The van der Waals surface area contributed by atoms with Gasteiger partial charge in [-0.15, -0.1) is 0 Å². The largest absolute Gasteiger partial charge is 0.394 e. The molecule has 4 nitrogen and oxygen atoms in total. The first-order chi connectivity index (χ1) is 18.2. The minimum atomic E-state index is -0.656. The molecule has 0 saturated carbocycles. The molecule has 2 atom stereocenters. The number of nitrogens with one attached hydrogen (secondary N) is 1. The van der Waals surface area contributed by atoms with Gasteiger partial charge in [0.05, 0.1) is 18.8 Å². The fraction of sp³-hybridized carbons (Fsp3) is 0.909. The number of amides is 1. The molecule has 0 heterocycles. The van der Waals surface area contributed by atoms with Crippen LogP contribution in [0.2, 0.25) is 0 Å². The highest BCUT2D eigenvalue weighted by Gasteiger charge is 2.19. The van der Waals surface area contributed by atoms with Gasteiger partial charge < -0.3 is 15.5 Å². The fourth-order valence-corrected chi connectivity index (χ4v) is 4.93. The Morgan fingerprint density at radius 2 is 1.05 bits per heavy atom. The molecule has 0 bridgehead atoms. The number of hydrogen-bond acceptors (Lipinski definition) is 3. The molecule has 3 N–H and O–H groups in total. The van der Waals surface area contributed by atoms with Gasteiger partial charge in [-0.1, -0.05) is 148 Å². The Bertz CT molecular complexity index is 494. The molecule has 0 spiro atoms. The Morgan fingerprint density at radius 3 is 1.57 bits per heavy atom. The van der Waals surface area contributed by atoms with E-state index in [9.17, 15) is 15.0 Å². The molecule has 0 saturated heterocycles. The Hall–Kier alpha value is -0.870. The fourth-order valence-electron chi connectivity index (χ4n) is 4.93. The number of rotatable bonds is 29. The lowest BCUT2D eigenvalue weighted by Gasteiger charge is -2.22. The topological polar surface area (TPSA) is 69.6 Å². The first-order valence-corrected chi connectivity index (χ1v) is 16.4. The molecule has 0 aromatic rings. The van der Waals surface area contributed by atoms with Crippen molar-refractivity contribution in [2.45, 2.75) is 187 Å². The predicted octanol–water partition coefficient (Wildman–Crippen LogP) is 9.17. The van der Waals surface area contributed by atoms with Crippen molar-refractivity contribution in [2.75, 3.05) is 6.61 Å². The molecule has 0 aromatic carbocycles. The third kappa shape index (κ3) is 26.5. The molecule has 0 aliphatic rings.